The number of benzene rings is 2. The molecule has 3 N–H and O–H groups in total. The number of ether oxygens (including phenoxy) is 1. The number of aryl methyl sites for hydroxylation is 2. The Labute approximate surface area is 160 Å². The molecule has 0 atom stereocenters. The Kier molecular flexibility index (Phi) is 5.30. The number of methoxy groups -OCH3 is 1. The SMILES string of the molecule is COc1ccc(N/N=C\c2c(O)n(-c3ccc(C)c(C)c3)c(=O)[nH]c2=O)cc1. The van der Waals surface area contributed by atoms with Gasteiger partial charge in [0.2, 0.25) is 5.88 Å². The molecule has 0 fully saturated rings. The molecule has 8 heteroatoms. The van der Waals surface area contributed by atoms with Crippen LogP contribution in [0.1, 0.15) is 16.7 Å². The van der Waals surface area contributed by atoms with Crippen molar-refractivity contribution in [1.82, 2.24) is 9.55 Å². The van der Waals surface area contributed by atoms with E-state index >= 15 is 0 Å². The second-order valence-corrected chi connectivity index (χ2v) is 6.20. The molecule has 144 valence electrons. The van der Waals surface area contributed by atoms with Gasteiger partial charge < -0.3 is 9.84 Å². The zero-order chi connectivity index (χ0) is 20.3. The van der Waals surface area contributed by atoms with Gasteiger partial charge >= 0.3 is 5.69 Å². The molecule has 0 saturated heterocycles. The quantitative estimate of drug-likeness (QED) is 0.465. The number of nitrogens with zero attached hydrogens (tertiary/aromatic N) is 2. The molecule has 0 unspecified atom stereocenters. The van der Waals surface area contributed by atoms with Crippen molar-refractivity contribution in [3.8, 4) is 17.3 Å². The number of nitrogens with one attached hydrogen (secondary N) is 2. The van der Waals surface area contributed by atoms with Gasteiger partial charge in [-0.3, -0.25) is 15.2 Å². The first-order valence-electron chi connectivity index (χ1n) is 8.49. The van der Waals surface area contributed by atoms with Gasteiger partial charge in [0.1, 0.15) is 11.3 Å². The second-order valence-electron chi connectivity index (χ2n) is 6.20. The highest BCUT2D eigenvalue weighted by molar-refractivity contribution is 5.82. The summed E-state index contributed by atoms with van der Waals surface area (Å²) in [4.78, 5) is 26.6. The van der Waals surface area contributed by atoms with Crippen LogP contribution in [0.15, 0.2) is 57.2 Å². The van der Waals surface area contributed by atoms with Crippen LogP contribution in [0.4, 0.5) is 5.69 Å². The summed E-state index contributed by atoms with van der Waals surface area (Å²) in [5, 5.41) is 14.5. The lowest BCUT2D eigenvalue weighted by Gasteiger charge is -2.11. The van der Waals surface area contributed by atoms with Gasteiger partial charge in [-0.25, -0.2) is 9.36 Å². The van der Waals surface area contributed by atoms with E-state index in [0.717, 1.165) is 21.9 Å². The molecule has 8 nitrogen and oxygen atoms in total. The topological polar surface area (TPSA) is 109 Å². The van der Waals surface area contributed by atoms with Crippen molar-refractivity contribution in [2.75, 3.05) is 12.5 Å². The Morgan fingerprint density at radius 2 is 1.82 bits per heavy atom. The summed E-state index contributed by atoms with van der Waals surface area (Å²) in [7, 11) is 1.57. The number of rotatable bonds is 5. The molecule has 0 saturated carbocycles. The van der Waals surface area contributed by atoms with Crippen LogP contribution in [0.2, 0.25) is 0 Å². The molecular weight excluding hydrogens is 360 g/mol. The Morgan fingerprint density at radius 1 is 1.11 bits per heavy atom. The van der Waals surface area contributed by atoms with Crippen LogP contribution in [-0.4, -0.2) is 28.0 Å². The van der Waals surface area contributed by atoms with E-state index in [2.05, 4.69) is 15.5 Å². The van der Waals surface area contributed by atoms with Crippen molar-refractivity contribution in [1.29, 1.82) is 0 Å². The molecule has 0 spiro atoms. The monoisotopic (exact) mass is 380 g/mol. The fourth-order valence-electron chi connectivity index (χ4n) is 2.60. The molecule has 1 heterocycles. The fourth-order valence-corrected chi connectivity index (χ4v) is 2.60. The molecule has 2 aromatic carbocycles. The number of hydrogen-bond donors (Lipinski definition) is 3. The van der Waals surface area contributed by atoms with Crippen LogP contribution >= 0.6 is 0 Å². The number of hydrazone groups is 1. The summed E-state index contributed by atoms with van der Waals surface area (Å²) < 4.78 is 6.11. The number of hydrogen-bond acceptors (Lipinski definition) is 6. The molecule has 28 heavy (non-hydrogen) atoms. The third-order valence-electron chi connectivity index (χ3n) is 4.35. The van der Waals surface area contributed by atoms with E-state index in [4.69, 9.17) is 4.74 Å². The van der Waals surface area contributed by atoms with Crippen LogP contribution in [0.5, 0.6) is 11.6 Å². The first-order valence-corrected chi connectivity index (χ1v) is 8.49. The van der Waals surface area contributed by atoms with E-state index < -0.39 is 17.1 Å². The van der Waals surface area contributed by atoms with Crippen LogP contribution < -0.4 is 21.4 Å². The van der Waals surface area contributed by atoms with E-state index in [1.165, 1.54) is 0 Å². The van der Waals surface area contributed by atoms with Gasteiger partial charge in [-0.15, -0.1) is 0 Å². The second kappa shape index (κ2) is 7.83. The number of aromatic nitrogens is 2. The van der Waals surface area contributed by atoms with Crippen molar-refractivity contribution >= 4 is 11.9 Å². The molecule has 3 aromatic rings. The Hall–Kier alpha value is -3.81. The van der Waals surface area contributed by atoms with Crippen LogP contribution in [0.25, 0.3) is 5.69 Å². The Balaban J connectivity index is 1.95. The highest BCUT2D eigenvalue weighted by Crippen LogP contribution is 2.18. The van der Waals surface area contributed by atoms with Gasteiger partial charge in [0.25, 0.3) is 5.56 Å². The number of aromatic amines is 1. The summed E-state index contributed by atoms with van der Waals surface area (Å²) >= 11 is 0. The molecule has 0 radical (unpaired) electrons. The Bertz CT molecular complexity index is 1140. The first-order chi connectivity index (χ1) is 13.4. The lowest BCUT2D eigenvalue weighted by Crippen LogP contribution is -2.31. The third-order valence-corrected chi connectivity index (χ3v) is 4.35. The summed E-state index contributed by atoms with van der Waals surface area (Å²) in [6.45, 7) is 3.84. The molecule has 0 aliphatic rings. The number of aromatic hydroxyl groups is 1. The zero-order valence-corrected chi connectivity index (χ0v) is 15.7. The highest BCUT2D eigenvalue weighted by Gasteiger charge is 2.14. The van der Waals surface area contributed by atoms with Gasteiger partial charge in [-0.05, 0) is 61.4 Å². The average Bonchev–Trinajstić information content (AvgIpc) is 2.67. The van der Waals surface area contributed by atoms with Crippen LogP contribution in [-0.2, 0) is 0 Å². The van der Waals surface area contributed by atoms with Crippen molar-refractivity contribution in [2.24, 2.45) is 5.10 Å². The Morgan fingerprint density at radius 3 is 2.46 bits per heavy atom. The smallest absolute Gasteiger partial charge is 0.335 e. The molecule has 0 aliphatic carbocycles. The standard InChI is InChI=1S/C20H20N4O4/c1-12-4-7-15(10-13(12)2)24-19(26)17(18(25)22-20(24)27)11-21-23-14-5-8-16(28-3)9-6-14/h4-11,23,26H,1-3H3,(H,22,25,27)/b21-11-. The first kappa shape index (κ1) is 19.0. The minimum atomic E-state index is -0.733. The van der Waals surface area contributed by atoms with Crippen molar-refractivity contribution in [3.63, 3.8) is 0 Å². The lowest BCUT2D eigenvalue weighted by molar-refractivity contribution is 0.415. The fraction of sp³-hybridized carbons (Fsp3) is 0.150. The van der Waals surface area contributed by atoms with E-state index in [-0.39, 0.29) is 5.56 Å². The van der Waals surface area contributed by atoms with Gasteiger partial charge in [-0.2, -0.15) is 5.10 Å². The number of anilines is 1. The highest BCUT2D eigenvalue weighted by atomic mass is 16.5. The number of H-pyrrole nitrogens is 1. The molecule has 0 aliphatic heterocycles. The average molecular weight is 380 g/mol. The molecule has 3 rings (SSSR count). The summed E-state index contributed by atoms with van der Waals surface area (Å²) in [5.74, 6) is 0.210. The molecule has 0 bridgehead atoms. The van der Waals surface area contributed by atoms with Gasteiger partial charge in [0, 0.05) is 0 Å². The third kappa shape index (κ3) is 3.80. The van der Waals surface area contributed by atoms with Gasteiger partial charge in [-0.1, -0.05) is 6.07 Å². The minimum absolute atomic E-state index is 0.140. The van der Waals surface area contributed by atoms with Crippen molar-refractivity contribution in [3.05, 3.63) is 80.0 Å². The maximum atomic E-state index is 12.2. The van der Waals surface area contributed by atoms with Gasteiger partial charge in [0.05, 0.1) is 24.7 Å². The van der Waals surface area contributed by atoms with E-state index in [0.29, 0.717) is 17.1 Å². The summed E-state index contributed by atoms with van der Waals surface area (Å²) in [6.07, 6.45) is 1.16. The van der Waals surface area contributed by atoms with E-state index in [9.17, 15) is 14.7 Å². The zero-order valence-electron chi connectivity index (χ0n) is 15.7. The molecule has 1 aromatic heterocycles. The maximum absolute atomic E-state index is 12.2. The summed E-state index contributed by atoms with van der Waals surface area (Å²) in [5.41, 5.74) is 4.25. The van der Waals surface area contributed by atoms with Crippen LogP contribution in [0, 0.1) is 13.8 Å². The molecular formula is C20H20N4O4. The van der Waals surface area contributed by atoms with Crippen molar-refractivity contribution in [2.45, 2.75) is 13.8 Å². The van der Waals surface area contributed by atoms with Crippen molar-refractivity contribution < 1.29 is 9.84 Å². The maximum Gasteiger partial charge on any atom is 0.335 e. The van der Waals surface area contributed by atoms with E-state index in [1.807, 2.05) is 19.9 Å². The van der Waals surface area contributed by atoms with Gasteiger partial charge in [0.15, 0.2) is 0 Å². The van der Waals surface area contributed by atoms with Crippen LogP contribution in [0.3, 0.4) is 0 Å². The predicted octanol–water partition coefficient (Wildman–Crippen LogP) is 2.30. The molecule has 0 amide bonds. The minimum Gasteiger partial charge on any atom is -0.497 e. The lowest BCUT2D eigenvalue weighted by atomic mass is 10.1. The largest absolute Gasteiger partial charge is 0.497 e. The predicted molar refractivity (Wildman–Crippen MR) is 108 cm³/mol. The van der Waals surface area contributed by atoms with E-state index in [1.54, 1.807) is 43.5 Å². The normalized spacial score (nSPS) is 11.0. The summed E-state index contributed by atoms with van der Waals surface area (Å²) in [6, 6.07) is 12.3.